The number of amides is 1. The number of halogens is 3. The fraction of sp³-hybridized carbons (Fsp3) is 0.429. The van der Waals surface area contributed by atoms with E-state index in [0.29, 0.717) is 31.5 Å². The number of primary amides is 1. The van der Waals surface area contributed by atoms with Crippen LogP contribution in [-0.2, 0) is 20.9 Å². The van der Waals surface area contributed by atoms with Gasteiger partial charge in [0.15, 0.2) is 11.8 Å². The predicted molar refractivity (Wildman–Crippen MR) is 93.6 cm³/mol. The maximum atomic E-state index is 11.9. The molecule has 162 valence electrons. The first-order valence-electron chi connectivity index (χ1n) is 7.85. The van der Waals surface area contributed by atoms with E-state index in [1.165, 1.54) is 11.0 Å². The molecule has 0 saturated heterocycles. The summed E-state index contributed by atoms with van der Waals surface area (Å²) in [5.74, 6) is -3.10. The predicted octanol–water partition coefficient (Wildman–Crippen LogP) is -0.0656. The van der Waals surface area contributed by atoms with Crippen LogP contribution >= 0.6 is 0 Å². The van der Waals surface area contributed by atoms with Crippen molar-refractivity contribution in [2.75, 3.05) is 11.9 Å². The second-order valence-electron chi connectivity index (χ2n) is 5.20. The number of carbonyl (C=O) groups is 3. The molecular formula is C14H20F3N7O5. The summed E-state index contributed by atoms with van der Waals surface area (Å²) in [5, 5.41) is 25.9. The Bertz CT molecular complexity index is 730. The first kappa shape index (κ1) is 25.4. The van der Waals surface area contributed by atoms with Crippen molar-refractivity contribution >= 4 is 29.6 Å². The summed E-state index contributed by atoms with van der Waals surface area (Å²) in [6, 6.07) is 0. The molecule has 0 unspecified atom stereocenters. The molecule has 0 aromatic carbocycles. The van der Waals surface area contributed by atoms with E-state index in [2.05, 4.69) is 20.5 Å². The third kappa shape index (κ3) is 16.3. The molecule has 0 aliphatic carbocycles. The van der Waals surface area contributed by atoms with E-state index in [9.17, 15) is 27.6 Å². The highest BCUT2D eigenvalue weighted by Gasteiger charge is 2.26. The van der Waals surface area contributed by atoms with Crippen molar-refractivity contribution in [2.45, 2.75) is 32.0 Å². The molecule has 0 atom stereocenters. The Hall–Kier alpha value is -3.65. The zero-order chi connectivity index (χ0) is 22.4. The van der Waals surface area contributed by atoms with E-state index in [4.69, 9.17) is 21.7 Å². The molecule has 0 bridgehead atoms. The molecule has 1 aromatic rings. The smallest absolute Gasteiger partial charge is 0.408 e. The molecule has 0 fully saturated rings. The highest BCUT2D eigenvalue weighted by Crippen LogP contribution is 2.14. The minimum absolute atomic E-state index is 0.188. The maximum Gasteiger partial charge on any atom is 0.408 e. The molecule has 0 aliphatic rings. The van der Waals surface area contributed by atoms with Crippen molar-refractivity contribution in [3.8, 4) is 0 Å². The van der Waals surface area contributed by atoms with Gasteiger partial charge in [-0.2, -0.15) is 23.1 Å². The fourth-order valence-electron chi connectivity index (χ4n) is 1.50. The van der Waals surface area contributed by atoms with Gasteiger partial charge in [0.25, 0.3) is 0 Å². The number of aliphatic imine (C=N–C) groups is 1. The number of carboxylic acid groups (broad SMARTS) is 2. The number of carbonyl (C=O) groups excluding carboxylic acids is 1. The second kappa shape index (κ2) is 12.7. The van der Waals surface area contributed by atoms with Crippen molar-refractivity contribution in [2.24, 2.45) is 16.5 Å². The Balaban J connectivity index is 0.000000828. The Kier molecular flexibility index (Phi) is 11.1. The van der Waals surface area contributed by atoms with Gasteiger partial charge < -0.3 is 27.0 Å². The molecule has 1 rings (SSSR count). The molecule has 0 spiro atoms. The summed E-state index contributed by atoms with van der Waals surface area (Å²) in [4.78, 5) is 34.1. The van der Waals surface area contributed by atoms with Crippen LogP contribution in [0.5, 0.6) is 0 Å². The van der Waals surface area contributed by atoms with E-state index < -0.39 is 30.6 Å². The van der Waals surface area contributed by atoms with Crippen molar-refractivity contribution in [3.05, 3.63) is 18.3 Å². The number of nitrogens with one attached hydrogen (secondary N) is 1. The van der Waals surface area contributed by atoms with E-state index in [0.717, 1.165) is 0 Å². The third-order valence-electron chi connectivity index (χ3n) is 2.62. The minimum Gasteiger partial charge on any atom is -0.478 e. The summed E-state index contributed by atoms with van der Waals surface area (Å²) in [5.41, 5.74) is 10.3. The number of aliphatic carboxylic acids is 2. The molecule has 1 aromatic heterocycles. The second-order valence-corrected chi connectivity index (χ2v) is 5.20. The lowest BCUT2D eigenvalue weighted by molar-refractivity contribution is -0.134. The van der Waals surface area contributed by atoms with Crippen LogP contribution in [-0.4, -0.2) is 61.7 Å². The van der Waals surface area contributed by atoms with E-state index >= 15 is 0 Å². The van der Waals surface area contributed by atoms with Gasteiger partial charge in [0.1, 0.15) is 6.54 Å². The average Bonchev–Trinajstić information content (AvgIpc) is 3.02. The van der Waals surface area contributed by atoms with E-state index in [1.54, 1.807) is 0 Å². The number of hydrogen-bond donors (Lipinski definition) is 5. The van der Waals surface area contributed by atoms with E-state index in [-0.39, 0.29) is 18.1 Å². The van der Waals surface area contributed by atoms with Gasteiger partial charge in [-0.25, -0.2) is 14.6 Å². The number of anilines is 1. The molecular weight excluding hydrogens is 403 g/mol. The van der Waals surface area contributed by atoms with Gasteiger partial charge in [-0.1, -0.05) is 0 Å². The SMILES string of the molecule is NC(=O)CCCCn1ncc(NC(N)=NCC(F)(F)F)n1.O=C(O)C=CC(=O)O. The van der Waals surface area contributed by atoms with Gasteiger partial charge in [0.05, 0.1) is 12.7 Å². The number of aryl methyl sites for hydroxylation is 1. The molecule has 1 amide bonds. The molecule has 29 heavy (non-hydrogen) atoms. The van der Waals surface area contributed by atoms with Crippen LogP contribution < -0.4 is 16.8 Å². The van der Waals surface area contributed by atoms with Crippen LogP contribution in [0, 0.1) is 0 Å². The Morgan fingerprint density at radius 3 is 2.24 bits per heavy atom. The Morgan fingerprint density at radius 1 is 1.17 bits per heavy atom. The molecule has 1 heterocycles. The van der Waals surface area contributed by atoms with Gasteiger partial charge in [0.2, 0.25) is 5.91 Å². The Labute approximate surface area is 162 Å². The molecule has 15 heteroatoms. The van der Waals surface area contributed by atoms with Gasteiger partial charge in [-0.15, -0.1) is 5.10 Å². The molecule has 0 radical (unpaired) electrons. The number of aromatic nitrogens is 3. The number of hydrogen-bond acceptors (Lipinski definition) is 6. The van der Waals surface area contributed by atoms with Gasteiger partial charge >= 0.3 is 18.1 Å². The third-order valence-corrected chi connectivity index (χ3v) is 2.62. The van der Waals surface area contributed by atoms with Crippen LogP contribution in [0.15, 0.2) is 23.3 Å². The number of nitrogens with two attached hydrogens (primary N) is 2. The zero-order valence-corrected chi connectivity index (χ0v) is 15.0. The monoisotopic (exact) mass is 423 g/mol. The summed E-state index contributed by atoms with van der Waals surface area (Å²) < 4.78 is 35.8. The van der Waals surface area contributed by atoms with Crippen LogP contribution in [0.4, 0.5) is 19.0 Å². The summed E-state index contributed by atoms with van der Waals surface area (Å²) in [6.45, 7) is -0.915. The lowest BCUT2D eigenvalue weighted by Crippen LogP contribution is -2.25. The van der Waals surface area contributed by atoms with E-state index in [1.807, 2.05) is 0 Å². The summed E-state index contributed by atoms with van der Waals surface area (Å²) in [6.07, 6.45) is -0.452. The first-order valence-corrected chi connectivity index (χ1v) is 7.85. The first-order chi connectivity index (χ1) is 13.4. The lowest BCUT2D eigenvalue weighted by Gasteiger charge is -2.04. The zero-order valence-electron chi connectivity index (χ0n) is 15.0. The van der Waals surface area contributed by atoms with Crippen LogP contribution in [0.3, 0.4) is 0 Å². The standard InChI is InChI=1S/C10H16F3N7O.C4H4O4/c11-10(12,13)6-16-9(15)18-8-5-17-20(19-8)4-2-1-3-7(14)21;5-3(6)1-2-4(7)8/h5H,1-4,6H2,(H2,14,21)(H3,15,16,18,19);1-2H,(H,5,6)(H,7,8). The summed E-state index contributed by atoms with van der Waals surface area (Å²) >= 11 is 0. The number of alkyl halides is 3. The normalized spacial score (nSPS) is 11.6. The topological polar surface area (TPSA) is 199 Å². The average molecular weight is 423 g/mol. The van der Waals surface area contributed by atoms with Crippen molar-refractivity contribution in [3.63, 3.8) is 0 Å². The lowest BCUT2D eigenvalue weighted by atomic mass is 10.2. The quantitative estimate of drug-likeness (QED) is 0.156. The highest BCUT2D eigenvalue weighted by molar-refractivity contribution is 5.91. The maximum absolute atomic E-state index is 11.9. The van der Waals surface area contributed by atoms with Crippen molar-refractivity contribution < 1.29 is 37.8 Å². The van der Waals surface area contributed by atoms with Crippen molar-refractivity contribution in [1.82, 2.24) is 15.0 Å². The number of guanidine groups is 1. The molecule has 12 nitrogen and oxygen atoms in total. The molecule has 0 saturated carbocycles. The minimum atomic E-state index is -4.41. The number of rotatable bonds is 9. The highest BCUT2D eigenvalue weighted by atomic mass is 19.4. The number of unbranched alkanes of at least 4 members (excludes halogenated alkanes) is 1. The molecule has 0 aliphatic heterocycles. The fourth-order valence-corrected chi connectivity index (χ4v) is 1.50. The van der Waals surface area contributed by atoms with Crippen LogP contribution in [0.2, 0.25) is 0 Å². The Morgan fingerprint density at radius 2 is 1.76 bits per heavy atom. The summed E-state index contributed by atoms with van der Waals surface area (Å²) in [7, 11) is 0. The van der Waals surface area contributed by atoms with Crippen LogP contribution in [0.25, 0.3) is 0 Å². The van der Waals surface area contributed by atoms with Crippen LogP contribution in [0.1, 0.15) is 19.3 Å². The molecule has 7 N–H and O–H groups in total. The number of nitrogens with zero attached hydrogens (tertiary/aromatic N) is 4. The largest absolute Gasteiger partial charge is 0.478 e. The van der Waals surface area contributed by atoms with Gasteiger partial charge in [0, 0.05) is 18.6 Å². The number of carboxylic acids is 2. The van der Waals surface area contributed by atoms with Gasteiger partial charge in [-0.05, 0) is 12.8 Å². The van der Waals surface area contributed by atoms with Crippen molar-refractivity contribution in [1.29, 1.82) is 0 Å². The van der Waals surface area contributed by atoms with Gasteiger partial charge in [-0.3, -0.25) is 4.79 Å².